The summed E-state index contributed by atoms with van der Waals surface area (Å²) in [5.41, 5.74) is 1.45. The molecule has 29 heavy (non-hydrogen) atoms. The summed E-state index contributed by atoms with van der Waals surface area (Å²) in [7, 11) is 0. The van der Waals surface area contributed by atoms with E-state index in [0.717, 1.165) is 16.3 Å². The molecule has 0 saturated carbocycles. The summed E-state index contributed by atoms with van der Waals surface area (Å²) in [5, 5.41) is 1.65. The molecule has 0 saturated heterocycles. The third kappa shape index (κ3) is 4.74. The van der Waals surface area contributed by atoms with Gasteiger partial charge in [-0.2, -0.15) is 0 Å². The van der Waals surface area contributed by atoms with Gasteiger partial charge in [0.25, 0.3) is 0 Å². The van der Waals surface area contributed by atoms with E-state index in [1.54, 1.807) is 19.9 Å². The monoisotopic (exact) mass is 392 g/mol. The molecule has 0 aromatic heterocycles. The predicted molar refractivity (Wildman–Crippen MR) is 111 cm³/mol. The number of hydrogen-bond donors (Lipinski definition) is 0. The number of benzene rings is 3. The Morgan fingerprint density at radius 3 is 2.07 bits per heavy atom. The number of ether oxygens (including phenoxy) is 3. The molecule has 5 nitrogen and oxygen atoms in total. The number of rotatable bonds is 8. The first-order valence-corrected chi connectivity index (χ1v) is 9.67. The summed E-state index contributed by atoms with van der Waals surface area (Å²) in [6, 6.07) is 20.9. The minimum atomic E-state index is -1.22. The van der Waals surface area contributed by atoms with E-state index in [9.17, 15) is 9.59 Å². The smallest absolute Gasteiger partial charge is 0.325 e. The van der Waals surface area contributed by atoms with Crippen LogP contribution in [0.2, 0.25) is 0 Å². The minimum absolute atomic E-state index is 0.166. The molecule has 0 aliphatic carbocycles. The molecule has 0 unspecified atom stereocenters. The van der Waals surface area contributed by atoms with Crippen molar-refractivity contribution in [2.45, 2.75) is 26.4 Å². The molecular formula is C24H24O5. The van der Waals surface area contributed by atoms with Crippen LogP contribution in [0.3, 0.4) is 0 Å². The third-order valence-electron chi connectivity index (χ3n) is 4.50. The van der Waals surface area contributed by atoms with Crippen molar-refractivity contribution < 1.29 is 23.8 Å². The van der Waals surface area contributed by atoms with Gasteiger partial charge in [0.05, 0.1) is 13.2 Å². The standard InChI is InChI=1S/C24H24O5/c1-3-27-23(25)22(24(26)28-4-2)21-19-13-9-8-12-18(19)14-15-20(21)29-16-17-10-6-5-7-11-17/h5-15,22H,3-4,16H2,1-2H3. The van der Waals surface area contributed by atoms with Crippen LogP contribution in [0.15, 0.2) is 66.7 Å². The van der Waals surface area contributed by atoms with E-state index >= 15 is 0 Å². The molecule has 150 valence electrons. The molecule has 0 radical (unpaired) electrons. The third-order valence-corrected chi connectivity index (χ3v) is 4.50. The second-order valence-corrected chi connectivity index (χ2v) is 6.41. The summed E-state index contributed by atoms with van der Waals surface area (Å²) in [6.45, 7) is 4.05. The topological polar surface area (TPSA) is 61.8 Å². The van der Waals surface area contributed by atoms with Crippen molar-refractivity contribution in [3.63, 3.8) is 0 Å². The van der Waals surface area contributed by atoms with E-state index in [-0.39, 0.29) is 13.2 Å². The van der Waals surface area contributed by atoms with Crippen LogP contribution in [0.25, 0.3) is 10.8 Å². The van der Waals surface area contributed by atoms with Crippen molar-refractivity contribution in [2.75, 3.05) is 13.2 Å². The molecular weight excluding hydrogens is 368 g/mol. The summed E-state index contributed by atoms with van der Waals surface area (Å²) in [4.78, 5) is 25.5. The maximum atomic E-state index is 12.8. The van der Waals surface area contributed by atoms with Gasteiger partial charge in [-0.15, -0.1) is 0 Å². The van der Waals surface area contributed by atoms with Crippen molar-refractivity contribution >= 4 is 22.7 Å². The molecule has 0 bridgehead atoms. The number of carbonyl (C=O) groups excluding carboxylic acids is 2. The molecule has 5 heteroatoms. The average Bonchev–Trinajstić information content (AvgIpc) is 2.74. The van der Waals surface area contributed by atoms with Crippen molar-refractivity contribution in [3.8, 4) is 5.75 Å². The van der Waals surface area contributed by atoms with E-state index in [2.05, 4.69) is 0 Å². The molecule has 0 aliphatic rings. The normalized spacial score (nSPS) is 10.7. The minimum Gasteiger partial charge on any atom is -0.489 e. The fraction of sp³-hybridized carbons (Fsp3) is 0.250. The molecule has 0 heterocycles. The molecule has 3 rings (SSSR count). The molecule has 0 amide bonds. The highest BCUT2D eigenvalue weighted by atomic mass is 16.6. The summed E-state index contributed by atoms with van der Waals surface area (Å²) in [5.74, 6) is -2.05. The quantitative estimate of drug-likeness (QED) is 0.413. The van der Waals surface area contributed by atoms with Gasteiger partial charge in [0.1, 0.15) is 12.4 Å². The Labute approximate surface area is 170 Å². The van der Waals surface area contributed by atoms with Crippen LogP contribution in [-0.2, 0) is 25.7 Å². The van der Waals surface area contributed by atoms with Gasteiger partial charge in [-0.25, -0.2) is 0 Å². The molecule has 0 spiro atoms. The average molecular weight is 392 g/mol. The Hall–Kier alpha value is -3.34. The Kier molecular flexibility index (Phi) is 6.85. The van der Waals surface area contributed by atoms with Crippen LogP contribution in [0.1, 0.15) is 30.9 Å². The Bertz CT molecular complexity index is 963. The van der Waals surface area contributed by atoms with Gasteiger partial charge in [-0.05, 0) is 36.2 Å². The predicted octanol–water partition coefficient (Wildman–Crippen LogP) is 4.63. The van der Waals surface area contributed by atoms with Crippen LogP contribution in [0, 0.1) is 0 Å². The molecule has 0 fully saturated rings. The Balaban J connectivity index is 2.09. The van der Waals surface area contributed by atoms with Gasteiger partial charge in [-0.3, -0.25) is 9.59 Å². The molecule has 0 atom stereocenters. The molecule has 3 aromatic carbocycles. The van der Waals surface area contributed by atoms with Gasteiger partial charge < -0.3 is 14.2 Å². The molecule has 3 aromatic rings. The first-order chi connectivity index (χ1) is 14.2. The zero-order valence-corrected chi connectivity index (χ0v) is 16.6. The second-order valence-electron chi connectivity index (χ2n) is 6.41. The van der Waals surface area contributed by atoms with Crippen LogP contribution in [0.5, 0.6) is 5.75 Å². The fourth-order valence-corrected chi connectivity index (χ4v) is 3.22. The first-order valence-electron chi connectivity index (χ1n) is 9.67. The fourth-order valence-electron chi connectivity index (χ4n) is 3.22. The number of fused-ring (bicyclic) bond motifs is 1. The maximum absolute atomic E-state index is 12.8. The Morgan fingerprint density at radius 1 is 0.793 bits per heavy atom. The van der Waals surface area contributed by atoms with E-state index in [0.29, 0.717) is 17.9 Å². The summed E-state index contributed by atoms with van der Waals surface area (Å²) >= 11 is 0. The van der Waals surface area contributed by atoms with Gasteiger partial charge in [0.2, 0.25) is 0 Å². The lowest BCUT2D eigenvalue weighted by Gasteiger charge is -2.20. The van der Waals surface area contributed by atoms with Gasteiger partial charge in [0, 0.05) is 5.56 Å². The van der Waals surface area contributed by atoms with E-state index in [4.69, 9.17) is 14.2 Å². The van der Waals surface area contributed by atoms with Crippen molar-refractivity contribution in [2.24, 2.45) is 0 Å². The lowest BCUT2D eigenvalue weighted by molar-refractivity contribution is -0.156. The highest BCUT2D eigenvalue weighted by Crippen LogP contribution is 2.36. The molecule has 0 N–H and O–H groups in total. The SMILES string of the molecule is CCOC(=O)C(C(=O)OCC)c1c(OCc2ccccc2)ccc2ccccc12. The lowest BCUT2D eigenvalue weighted by atomic mass is 9.92. The first kappa shape index (κ1) is 20.4. The second kappa shape index (κ2) is 9.73. The zero-order valence-electron chi connectivity index (χ0n) is 16.6. The van der Waals surface area contributed by atoms with E-state index in [1.165, 1.54) is 0 Å². The largest absolute Gasteiger partial charge is 0.489 e. The Morgan fingerprint density at radius 2 is 1.41 bits per heavy atom. The number of carbonyl (C=O) groups is 2. The van der Waals surface area contributed by atoms with Crippen LogP contribution < -0.4 is 4.74 Å². The summed E-state index contributed by atoms with van der Waals surface area (Å²) in [6.07, 6.45) is 0. The highest BCUT2D eigenvalue weighted by molar-refractivity contribution is 6.06. The van der Waals surface area contributed by atoms with Gasteiger partial charge >= 0.3 is 11.9 Å². The zero-order chi connectivity index (χ0) is 20.6. The lowest BCUT2D eigenvalue weighted by Crippen LogP contribution is -2.27. The van der Waals surface area contributed by atoms with E-state index in [1.807, 2.05) is 60.7 Å². The van der Waals surface area contributed by atoms with Gasteiger partial charge in [0.15, 0.2) is 5.92 Å². The van der Waals surface area contributed by atoms with Crippen LogP contribution in [0.4, 0.5) is 0 Å². The summed E-state index contributed by atoms with van der Waals surface area (Å²) < 4.78 is 16.4. The van der Waals surface area contributed by atoms with Crippen molar-refractivity contribution in [3.05, 3.63) is 77.9 Å². The van der Waals surface area contributed by atoms with E-state index < -0.39 is 17.9 Å². The molecule has 0 aliphatic heterocycles. The van der Waals surface area contributed by atoms with Crippen LogP contribution in [-0.4, -0.2) is 25.2 Å². The van der Waals surface area contributed by atoms with Crippen LogP contribution >= 0.6 is 0 Å². The maximum Gasteiger partial charge on any atom is 0.325 e. The number of esters is 2. The van der Waals surface area contributed by atoms with Crippen molar-refractivity contribution in [1.82, 2.24) is 0 Å². The number of hydrogen-bond acceptors (Lipinski definition) is 5. The highest BCUT2D eigenvalue weighted by Gasteiger charge is 2.35. The van der Waals surface area contributed by atoms with Crippen molar-refractivity contribution in [1.29, 1.82) is 0 Å². The van der Waals surface area contributed by atoms with Gasteiger partial charge in [-0.1, -0.05) is 60.7 Å².